The van der Waals surface area contributed by atoms with Gasteiger partial charge in [0.05, 0.1) is 0 Å². The minimum atomic E-state index is 0.711. The van der Waals surface area contributed by atoms with Crippen LogP contribution in [0.5, 0.6) is 0 Å². The van der Waals surface area contributed by atoms with E-state index in [-0.39, 0.29) is 0 Å². The Morgan fingerprint density at radius 1 is 1.47 bits per heavy atom. The van der Waals surface area contributed by atoms with Gasteiger partial charge in [-0.05, 0) is 30.4 Å². The normalized spacial score (nSPS) is 20.6. The zero-order chi connectivity index (χ0) is 12.3. The molecular formula is C14H19N3. The van der Waals surface area contributed by atoms with Gasteiger partial charge in [0.15, 0.2) is 0 Å². The first-order valence-electron chi connectivity index (χ1n) is 6.06. The Morgan fingerprint density at radius 3 is 2.88 bits per heavy atom. The van der Waals surface area contributed by atoms with Crippen molar-refractivity contribution < 1.29 is 0 Å². The fraction of sp³-hybridized carbons (Fsp3) is 0.429. The van der Waals surface area contributed by atoms with Crippen molar-refractivity contribution in [1.82, 2.24) is 0 Å². The Balaban J connectivity index is 2.26. The van der Waals surface area contributed by atoms with Crippen LogP contribution >= 0.6 is 0 Å². The predicted octanol–water partition coefficient (Wildman–Crippen LogP) is 2.54. The lowest BCUT2D eigenvalue weighted by Crippen LogP contribution is -2.14. The molecule has 0 spiro atoms. The van der Waals surface area contributed by atoms with Crippen LogP contribution < -0.4 is 5.73 Å². The van der Waals surface area contributed by atoms with Crippen LogP contribution in [0.25, 0.3) is 0 Å². The number of hydrogen-bond donors (Lipinski definition) is 1. The van der Waals surface area contributed by atoms with Gasteiger partial charge in [0.25, 0.3) is 0 Å². The third kappa shape index (κ3) is 2.73. The van der Waals surface area contributed by atoms with Crippen molar-refractivity contribution in [1.29, 1.82) is 0 Å². The first-order chi connectivity index (χ1) is 8.20. The second kappa shape index (κ2) is 5.13. The van der Waals surface area contributed by atoms with Crippen LogP contribution in [0.15, 0.2) is 28.2 Å². The first-order valence-corrected chi connectivity index (χ1v) is 6.06. The number of anilines is 1. The van der Waals surface area contributed by atoms with Crippen molar-refractivity contribution in [3.63, 3.8) is 0 Å². The van der Waals surface area contributed by atoms with E-state index in [1.165, 1.54) is 12.1 Å². The quantitative estimate of drug-likeness (QED) is 0.615. The van der Waals surface area contributed by atoms with E-state index in [9.17, 15) is 0 Å². The second-order valence-corrected chi connectivity index (χ2v) is 4.66. The molecule has 1 aromatic carbocycles. The van der Waals surface area contributed by atoms with Crippen molar-refractivity contribution in [2.45, 2.75) is 19.8 Å². The minimum Gasteiger partial charge on any atom is -0.398 e. The summed E-state index contributed by atoms with van der Waals surface area (Å²) in [4.78, 5) is 8.61. The number of rotatable bonds is 2. The number of aliphatic imine (C=N–C) groups is 2. The molecule has 0 saturated heterocycles. The summed E-state index contributed by atoms with van der Waals surface area (Å²) in [6.07, 6.45) is 4.06. The maximum absolute atomic E-state index is 6.00. The van der Waals surface area contributed by atoms with Crippen molar-refractivity contribution in [2.24, 2.45) is 15.9 Å². The third-order valence-corrected chi connectivity index (χ3v) is 3.16. The molecule has 0 amide bonds. The topological polar surface area (TPSA) is 50.7 Å². The highest BCUT2D eigenvalue weighted by atomic mass is 14.8. The lowest BCUT2D eigenvalue weighted by molar-refractivity contribution is 0.538. The smallest absolute Gasteiger partial charge is 0.0421 e. The monoisotopic (exact) mass is 229 g/mol. The molecule has 0 aromatic heterocycles. The SMILES string of the molecule is CN=Cc1ccc(C2=NCC(C)CC2)cc1N. The van der Waals surface area contributed by atoms with E-state index in [1.807, 2.05) is 12.1 Å². The van der Waals surface area contributed by atoms with Gasteiger partial charge in [-0.25, -0.2) is 0 Å². The molecule has 2 rings (SSSR count). The van der Waals surface area contributed by atoms with Gasteiger partial charge in [-0.15, -0.1) is 0 Å². The number of nitrogens with two attached hydrogens (primary N) is 1. The van der Waals surface area contributed by atoms with Gasteiger partial charge >= 0.3 is 0 Å². The van der Waals surface area contributed by atoms with E-state index in [1.54, 1.807) is 13.3 Å². The lowest BCUT2D eigenvalue weighted by atomic mass is 9.95. The van der Waals surface area contributed by atoms with E-state index >= 15 is 0 Å². The van der Waals surface area contributed by atoms with Crippen LogP contribution in [0.3, 0.4) is 0 Å². The van der Waals surface area contributed by atoms with E-state index in [0.717, 1.165) is 29.8 Å². The average Bonchev–Trinajstić information content (AvgIpc) is 2.33. The maximum atomic E-state index is 6.00. The predicted molar refractivity (Wildman–Crippen MR) is 74.2 cm³/mol. The molecule has 90 valence electrons. The summed E-state index contributed by atoms with van der Waals surface area (Å²) in [5.74, 6) is 0.711. The molecule has 1 heterocycles. The summed E-state index contributed by atoms with van der Waals surface area (Å²) in [5, 5.41) is 0. The molecule has 0 aliphatic carbocycles. The van der Waals surface area contributed by atoms with Gasteiger partial charge in [0.2, 0.25) is 0 Å². The molecule has 1 aromatic rings. The number of benzene rings is 1. The summed E-state index contributed by atoms with van der Waals surface area (Å²) in [6, 6.07) is 6.10. The molecule has 17 heavy (non-hydrogen) atoms. The highest BCUT2D eigenvalue weighted by molar-refractivity contribution is 6.02. The Kier molecular flexibility index (Phi) is 3.57. The highest BCUT2D eigenvalue weighted by Crippen LogP contribution is 2.20. The van der Waals surface area contributed by atoms with E-state index in [2.05, 4.69) is 23.0 Å². The molecule has 0 saturated carbocycles. The minimum absolute atomic E-state index is 0.711. The van der Waals surface area contributed by atoms with E-state index in [4.69, 9.17) is 5.73 Å². The second-order valence-electron chi connectivity index (χ2n) is 4.66. The van der Waals surface area contributed by atoms with Crippen LogP contribution in [0.4, 0.5) is 5.69 Å². The van der Waals surface area contributed by atoms with Crippen LogP contribution in [-0.2, 0) is 0 Å². The van der Waals surface area contributed by atoms with Crippen molar-refractivity contribution in [3.05, 3.63) is 29.3 Å². The lowest BCUT2D eigenvalue weighted by Gasteiger charge is -2.18. The standard InChI is InChI=1S/C14H19N3/c1-10-3-6-14(17-8-10)11-4-5-12(9-16-2)13(15)7-11/h4-5,7,9-10H,3,6,8,15H2,1-2H3. The summed E-state index contributed by atoms with van der Waals surface area (Å²) < 4.78 is 0. The average molecular weight is 229 g/mol. The molecule has 1 aliphatic rings. The van der Waals surface area contributed by atoms with Crippen LogP contribution in [0.1, 0.15) is 30.9 Å². The fourth-order valence-electron chi connectivity index (χ4n) is 2.07. The summed E-state index contributed by atoms with van der Waals surface area (Å²) in [6.45, 7) is 3.18. The van der Waals surface area contributed by atoms with Crippen LogP contribution in [-0.4, -0.2) is 25.5 Å². The highest BCUT2D eigenvalue weighted by Gasteiger charge is 2.13. The van der Waals surface area contributed by atoms with Crippen LogP contribution in [0, 0.1) is 5.92 Å². The number of nitrogens with zero attached hydrogens (tertiary/aromatic N) is 2. The molecular weight excluding hydrogens is 210 g/mol. The molecule has 1 atom stereocenters. The van der Waals surface area contributed by atoms with Gasteiger partial charge in [0.1, 0.15) is 0 Å². The zero-order valence-corrected chi connectivity index (χ0v) is 10.5. The molecule has 2 N–H and O–H groups in total. The molecule has 3 nitrogen and oxygen atoms in total. The molecule has 1 unspecified atom stereocenters. The third-order valence-electron chi connectivity index (χ3n) is 3.16. The van der Waals surface area contributed by atoms with Crippen molar-refractivity contribution in [3.8, 4) is 0 Å². The van der Waals surface area contributed by atoms with Gasteiger partial charge in [-0.2, -0.15) is 0 Å². The largest absolute Gasteiger partial charge is 0.398 e. The summed E-state index contributed by atoms with van der Waals surface area (Å²) in [7, 11) is 1.75. The summed E-state index contributed by atoms with van der Waals surface area (Å²) in [5.41, 5.74) is 10.1. The van der Waals surface area contributed by atoms with E-state index in [0.29, 0.717) is 5.92 Å². The molecule has 0 bridgehead atoms. The molecule has 0 radical (unpaired) electrons. The van der Waals surface area contributed by atoms with Crippen LogP contribution in [0.2, 0.25) is 0 Å². The van der Waals surface area contributed by atoms with Gasteiger partial charge < -0.3 is 5.73 Å². The fourth-order valence-corrected chi connectivity index (χ4v) is 2.07. The first kappa shape index (κ1) is 11.8. The Morgan fingerprint density at radius 2 is 2.29 bits per heavy atom. The molecule has 3 heteroatoms. The Labute approximate surface area is 102 Å². The van der Waals surface area contributed by atoms with E-state index < -0.39 is 0 Å². The molecule has 1 aliphatic heterocycles. The Bertz CT molecular complexity index is 461. The van der Waals surface area contributed by atoms with Gasteiger partial charge in [-0.1, -0.05) is 19.1 Å². The summed E-state index contributed by atoms with van der Waals surface area (Å²) >= 11 is 0. The van der Waals surface area contributed by atoms with Crippen molar-refractivity contribution in [2.75, 3.05) is 19.3 Å². The maximum Gasteiger partial charge on any atom is 0.0421 e. The van der Waals surface area contributed by atoms with Gasteiger partial charge in [0, 0.05) is 36.8 Å². The van der Waals surface area contributed by atoms with Crippen molar-refractivity contribution >= 4 is 17.6 Å². The zero-order valence-electron chi connectivity index (χ0n) is 10.5. The number of hydrogen-bond acceptors (Lipinski definition) is 3. The Hall–Kier alpha value is -1.64. The number of nitrogen functional groups attached to an aromatic ring is 1. The molecule has 0 fully saturated rings. The van der Waals surface area contributed by atoms with Gasteiger partial charge in [-0.3, -0.25) is 9.98 Å².